The number of aromatic nitrogens is 2. The van der Waals surface area contributed by atoms with Gasteiger partial charge in [-0.25, -0.2) is 13.8 Å². The number of rotatable bonds is 4. The lowest BCUT2D eigenvalue weighted by Gasteiger charge is -2.18. The normalized spacial score (nSPS) is 12.7. The summed E-state index contributed by atoms with van der Waals surface area (Å²) in [6, 6.07) is 3.20. The van der Waals surface area contributed by atoms with Gasteiger partial charge in [-0.05, 0) is 24.2 Å². The van der Waals surface area contributed by atoms with Gasteiger partial charge in [-0.1, -0.05) is 6.92 Å². The van der Waals surface area contributed by atoms with E-state index in [1.165, 1.54) is 12.1 Å². The zero-order valence-corrected chi connectivity index (χ0v) is 10.3. The highest BCUT2D eigenvalue weighted by Crippen LogP contribution is 2.22. The molecular weight excluding hydrogens is 236 g/mol. The molecule has 18 heavy (non-hydrogen) atoms. The molecule has 1 N–H and O–H groups in total. The Morgan fingerprint density at radius 3 is 2.44 bits per heavy atom. The third-order valence-electron chi connectivity index (χ3n) is 2.74. The molecule has 1 aromatic heterocycles. The summed E-state index contributed by atoms with van der Waals surface area (Å²) >= 11 is 0. The fourth-order valence-corrected chi connectivity index (χ4v) is 1.96. The molecule has 0 radical (unpaired) electrons. The van der Waals surface area contributed by atoms with Crippen molar-refractivity contribution in [3.63, 3.8) is 0 Å². The molecule has 2 aromatic rings. The molecule has 0 fully saturated rings. The van der Waals surface area contributed by atoms with Crippen LogP contribution in [0.2, 0.25) is 0 Å². The van der Waals surface area contributed by atoms with Gasteiger partial charge < -0.3 is 9.88 Å². The van der Waals surface area contributed by atoms with E-state index in [1.807, 2.05) is 18.5 Å². The molecule has 1 unspecified atom stereocenters. The highest BCUT2D eigenvalue weighted by atomic mass is 19.1. The minimum Gasteiger partial charge on any atom is -0.336 e. The molecule has 1 aromatic carbocycles. The van der Waals surface area contributed by atoms with Crippen molar-refractivity contribution in [2.24, 2.45) is 7.05 Å². The Bertz CT molecular complexity index is 517. The van der Waals surface area contributed by atoms with Crippen molar-refractivity contribution in [2.45, 2.75) is 13.0 Å². The zero-order valence-electron chi connectivity index (χ0n) is 10.3. The third kappa shape index (κ3) is 2.56. The molecule has 96 valence electrons. The molecule has 0 aliphatic heterocycles. The van der Waals surface area contributed by atoms with E-state index in [1.54, 1.807) is 12.4 Å². The number of nitrogens with zero attached hydrogens (tertiary/aromatic N) is 2. The summed E-state index contributed by atoms with van der Waals surface area (Å²) < 4.78 is 28.4. The molecular formula is C13H15F2N3. The van der Waals surface area contributed by atoms with E-state index in [0.717, 1.165) is 11.9 Å². The first-order chi connectivity index (χ1) is 8.61. The topological polar surface area (TPSA) is 29.9 Å². The van der Waals surface area contributed by atoms with Crippen molar-refractivity contribution in [1.29, 1.82) is 0 Å². The second-order valence-corrected chi connectivity index (χ2v) is 4.09. The van der Waals surface area contributed by atoms with Crippen molar-refractivity contribution < 1.29 is 8.78 Å². The number of hydrogen-bond acceptors (Lipinski definition) is 2. The Hall–Kier alpha value is -1.75. The van der Waals surface area contributed by atoms with E-state index >= 15 is 0 Å². The summed E-state index contributed by atoms with van der Waals surface area (Å²) in [6.07, 6.45) is 3.46. The van der Waals surface area contributed by atoms with Gasteiger partial charge in [0.1, 0.15) is 17.5 Å². The summed E-state index contributed by atoms with van der Waals surface area (Å²) in [4.78, 5) is 4.23. The molecule has 0 amide bonds. The van der Waals surface area contributed by atoms with Gasteiger partial charge in [0.15, 0.2) is 0 Å². The fraction of sp³-hybridized carbons (Fsp3) is 0.308. The summed E-state index contributed by atoms with van der Waals surface area (Å²) in [5.74, 6) is -0.439. The first-order valence-electron chi connectivity index (χ1n) is 5.78. The maximum absolute atomic E-state index is 13.3. The largest absolute Gasteiger partial charge is 0.336 e. The molecule has 0 saturated heterocycles. The van der Waals surface area contributed by atoms with Crippen molar-refractivity contribution in [1.82, 2.24) is 14.9 Å². The van der Waals surface area contributed by atoms with Crippen molar-refractivity contribution >= 4 is 0 Å². The van der Waals surface area contributed by atoms with Gasteiger partial charge in [0.25, 0.3) is 0 Å². The van der Waals surface area contributed by atoms with Gasteiger partial charge in [-0.15, -0.1) is 0 Å². The summed E-state index contributed by atoms with van der Waals surface area (Å²) in [5, 5.41) is 3.18. The molecule has 0 bridgehead atoms. The lowest BCUT2D eigenvalue weighted by Crippen LogP contribution is -2.25. The predicted molar refractivity (Wildman–Crippen MR) is 65.1 cm³/mol. The van der Waals surface area contributed by atoms with E-state index in [4.69, 9.17) is 0 Å². The van der Waals surface area contributed by atoms with Gasteiger partial charge in [-0.3, -0.25) is 0 Å². The third-order valence-corrected chi connectivity index (χ3v) is 2.74. The molecule has 0 saturated carbocycles. The fourth-order valence-electron chi connectivity index (χ4n) is 1.96. The van der Waals surface area contributed by atoms with Gasteiger partial charge in [0.2, 0.25) is 0 Å². The van der Waals surface area contributed by atoms with Crippen molar-refractivity contribution in [3.05, 3.63) is 53.6 Å². The molecule has 2 rings (SSSR count). The summed E-state index contributed by atoms with van der Waals surface area (Å²) in [6.45, 7) is 2.61. The monoisotopic (exact) mass is 251 g/mol. The van der Waals surface area contributed by atoms with Crippen LogP contribution in [0.3, 0.4) is 0 Å². The first-order valence-corrected chi connectivity index (χ1v) is 5.78. The lowest BCUT2D eigenvalue weighted by atomic mass is 10.1. The van der Waals surface area contributed by atoms with E-state index in [2.05, 4.69) is 10.3 Å². The highest BCUT2D eigenvalue weighted by Gasteiger charge is 2.18. The number of imidazole rings is 1. The minimum absolute atomic E-state index is 0.319. The van der Waals surface area contributed by atoms with Crippen LogP contribution in [0.15, 0.2) is 30.6 Å². The van der Waals surface area contributed by atoms with E-state index in [9.17, 15) is 8.78 Å². The molecule has 1 heterocycles. The second kappa shape index (κ2) is 5.27. The zero-order chi connectivity index (χ0) is 13.1. The Kier molecular flexibility index (Phi) is 3.72. The van der Waals surface area contributed by atoms with Crippen LogP contribution in [-0.4, -0.2) is 16.1 Å². The Morgan fingerprint density at radius 1 is 1.28 bits per heavy atom. The van der Waals surface area contributed by atoms with Gasteiger partial charge in [0, 0.05) is 25.5 Å². The molecule has 0 aliphatic carbocycles. The summed E-state index contributed by atoms with van der Waals surface area (Å²) in [5.41, 5.74) is 0.531. The smallest absolute Gasteiger partial charge is 0.130 e. The van der Waals surface area contributed by atoms with Gasteiger partial charge >= 0.3 is 0 Å². The number of halogens is 2. The number of nitrogens with one attached hydrogen (secondary N) is 1. The lowest BCUT2D eigenvalue weighted by molar-refractivity contribution is 0.548. The van der Waals surface area contributed by atoms with Gasteiger partial charge in [0.05, 0.1) is 6.04 Å². The highest BCUT2D eigenvalue weighted by molar-refractivity contribution is 5.26. The quantitative estimate of drug-likeness (QED) is 0.904. The Balaban J connectivity index is 2.44. The van der Waals surface area contributed by atoms with Crippen LogP contribution in [0, 0.1) is 11.6 Å². The average Bonchev–Trinajstić information content (AvgIpc) is 2.71. The van der Waals surface area contributed by atoms with Crippen LogP contribution in [0.4, 0.5) is 8.78 Å². The van der Waals surface area contributed by atoms with Crippen LogP contribution in [0.1, 0.15) is 24.4 Å². The van der Waals surface area contributed by atoms with E-state index in [0.29, 0.717) is 12.1 Å². The first kappa shape index (κ1) is 12.7. The minimum atomic E-state index is -0.581. The van der Waals surface area contributed by atoms with Crippen LogP contribution in [0.25, 0.3) is 0 Å². The standard InChI is InChI=1S/C13H15F2N3/c1-3-16-12(13-17-4-5-18(13)2)9-6-10(14)8-11(15)7-9/h4-8,12,16H,3H2,1-2H3. The summed E-state index contributed by atoms with van der Waals surface area (Å²) in [7, 11) is 1.85. The SMILES string of the molecule is CCNC(c1cc(F)cc(F)c1)c1nccn1C. The molecule has 0 spiro atoms. The molecule has 1 atom stereocenters. The van der Waals surface area contributed by atoms with Crippen LogP contribution in [0.5, 0.6) is 0 Å². The molecule has 3 nitrogen and oxygen atoms in total. The van der Waals surface area contributed by atoms with Crippen molar-refractivity contribution in [3.8, 4) is 0 Å². The van der Waals surface area contributed by atoms with E-state index < -0.39 is 11.6 Å². The van der Waals surface area contributed by atoms with Gasteiger partial charge in [-0.2, -0.15) is 0 Å². The van der Waals surface area contributed by atoms with E-state index in [-0.39, 0.29) is 6.04 Å². The number of aryl methyl sites for hydroxylation is 1. The van der Waals surface area contributed by atoms with Crippen LogP contribution in [-0.2, 0) is 7.05 Å². The van der Waals surface area contributed by atoms with Crippen LogP contribution < -0.4 is 5.32 Å². The number of benzene rings is 1. The maximum Gasteiger partial charge on any atom is 0.130 e. The second-order valence-electron chi connectivity index (χ2n) is 4.09. The maximum atomic E-state index is 13.3. The Morgan fingerprint density at radius 2 is 1.94 bits per heavy atom. The number of hydrogen-bond donors (Lipinski definition) is 1. The average molecular weight is 251 g/mol. The Labute approximate surface area is 104 Å². The molecule has 0 aliphatic rings. The molecule has 5 heteroatoms. The predicted octanol–water partition coefficient (Wildman–Crippen LogP) is 2.40. The van der Waals surface area contributed by atoms with Crippen LogP contribution >= 0.6 is 0 Å². The van der Waals surface area contributed by atoms with Crippen molar-refractivity contribution in [2.75, 3.05) is 6.54 Å².